The number of hydrogen-bond acceptors (Lipinski definition) is 6. The number of carbonyl (C=O) groups is 1. The third-order valence-corrected chi connectivity index (χ3v) is 2.52. The van der Waals surface area contributed by atoms with E-state index in [1.165, 1.54) is 0 Å². The van der Waals surface area contributed by atoms with Crippen molar-refractivity contribution in [3.05, 3.63) is 11.9 Å². The number of hydrogen-bond donors (Lipinski definition) is 2. The van der Waals surface area contributed by atoms with Crippen molar-refractivity contribution >= 4 is 17.6 Å². The van der Waals surface area contributed by atoms with E-state index in [2.05, 4.69) is 34.4 Å². The molecule has 0 aliphatic heterocycles. The second kappa shape index (κ2) is 9.12. The monoisotopic (exact) mass is 280 g/mol. The van der Waals surface area contributed by atoms with Gasteiger partial charge in [-0.2, -0.15) is 0 Å². The maximum Gasteiger partial charge on any atom is 0.325 e. The standard InChI is InChI=1S/C14H24N4O2/c1-4-7-11-17-12(15-8-5-2)9-13(18-11)16-10-14(19)20-6-3/h9H,4-8,10H2,1-3H3,(H2,15,16,17,18). The van der Waals surface area contributed by atoms with Gasteiger partial charge in [-0.3, -0.25) is 4.79 Å². The zero-order valence-electron chi connectivity index (χ0n) is 12.5. The smallest absolute Gasteiger partial charge is 0.325 e. The molecule has 0 fully saturated rings. The first kappa shape index (κ1) is 16.2. The number of nitrogens with zero attached hydrogens (tertiary/aromatic N) is 2. The summed E-state index contributed by atoms with van der Waals surface area (Å²) in [5.74, 6) is 1.93. The van der Waals surface area contributed by atoms with Crippen molar-refractivity contribution in [2.24, 2.45) is 0 Å². The summed E-state index contributed by atoms with van der Waals surface area (Å²) in [7, 11) is 0. The van der Waals surface area contributed by atoms with Crippen molar-refractivity contribution < 1.29 is 9.53 Å². The molecule has 1 heterocycles. The molecule has 112 valence electrons. The molecule has 0 amide bonds. The van der Waals surface area contributed by atoms with E-state index >= 15 is 0 Å². The maximum absolute atomic E-state index is 11.3. The number of anilines is 2. The van der Waals surface area contributed by atoms with Crippen molar-refractivity contribution in [3.63, 3.8) is 0 Å². The Hall–Kier alpha value is -1.85. The molecule has 0 aliphatic rings. The van der Waals surface area contributed by atoms with Crippen molar-refractivity contribution in [1.29, 1.82) is 0 Å². The van der Waals surface area contributed by atoms with Gasteiger partial charge in [0.1, 0.15) is 24.0 Å². The van der Waals surface area contributed by atoms with Crippen LogP contribution in [0, 0.1) is 0 Å². The number of nitrogens with one attached hydrogen (secondary N) is 2. The molecular formula is C14H24N4O2. The fraction of sp³-hybridized carbons (Fsp3) is 0.643. The summed E-state index contributed by atoms with van der Waals surface area (Å²) < 4.78 is 4.88. The van der Waals surface area contributed by atoms with Gasteiger partial charge in [0.25, 0.3) is 0 Å². The molecule has 0 saturated heterocycles. The lowest BCUT2D eigenvalue weighted by molar-refractivity contribution is -0.140. The highest BCUT2D eigenvalue weighted by molar-refractivity contribution is 5.74. The Morgan fingerprint density at radius 3 is 2.45 bits per heavy atom. The molecule has 0 saturated carbocycles. The fourth-order valence-electron chi connectivity index (χ4n) is 1.64. The summed E-state index contributed by atoms with van der Waals surface area (Å²) in [4.78, 5) is 20.2. The molecule has 0 atom stereocenters. The van der Waals surface area contributed by atoms with Crippen LogP contribution in [-0.4, -0.2) is 35.6 Å². The third-order valence-electron chi connectivity index (χ3n) is 2.52. The number of ether oxygens (including phenoxy) is 1. The van der Waals surface area contributed by atoms with Gasteiger partial charge in [0.2, 0.25) is 0 Å². The Bertz CT molecular complexity index is 424. The number of aromatic nitrogens is 2. The van der Waals surface area contributed by atoms with Crippen molar-refractivity contribution in [3.8, 4) is 0 Å². The quantitative estimate of drug-likeness (QED) is 0.676. The van der Waals surface area contributed by atoms with Crippen LogP contribution >= 0.6 is 0 Å². The van der Waals surface area contributed by atoms with Crippen LogP contribution in [0.25, 0.3) is 0 Å². The average molecular weight is 280 g/mol. The zero-order valence-corrected chi connectivity index (χ0v) is 12.5. The molecule has 0 radical (unpaired) electrons. The molecule has 1 aromatic rings. The first-order chi connectivity index (χ1) is 9.69. The zero-order chi connectivity index (χ0) is 14.8. The van der Waals surface area contributed by atoms with E-state index in [4.69, 9.17) is 4.74 Å². The summed E-state index contributed by atoms with van der Waals surface area (Å²) in [5, 5.41) is 6.22. The Morgan fingerprint density at radius 1 is 1.15 bits per heavy atom. The van der Waals surface area contributed by atoms with Gasteiger partial charge >= 0.3 is 5.97 Å². The summed E-state index contributed by atoms with van der Waals surface area (Å²) in [5.41, 5.74) is 0. The second-order valence-electron chi connectivity index (χ2n) is 4.39. The Balaban J connectivity index is 2.71. The van der Waals surface area contributed by atoms with Gasteiger partial charge in [-0.05, 0) is 19.8 Å². The van der Waals surface area contributed by atoms with E-state index in [1.807, 2.05) is 6.07 Å². The van der Waals surface area contributed by atoms with Crippen LogP contribution in [0.4, 0.5) is 11.6 Å². The van der Waals surface area contributed by atoms with E-state index in [-0.39, 0.29) is 12.5 Å². The fourth-order valence-corrected chi connectivity index (χ4v) is 1.64. The molecule has 2 N–H and O–H groups in total. The highest BCUT2D eigenvalue weighted by atomic mass is 16.5. The SMILES string of the molecule is CCCNc1cc(NCC(=O)OCC)nc(CCC)n1. The molecule has 0 spiro atoms. The first-order valence-electron chi connectivity index (χ1n) is 7.20. The highest BCUT2D eigenvalue weighted by Crippen LogP contribution is 2.12. The van der Waals surface area contributed by atoms with Gasteiger partial charge in [-0.25, -0.2) is 9.97 Å². The average Bonchev–Trinajstić information content (AvgIpc) is 2.43. The molecule has 0 aliphatic carbocycles. The molecule has 0 bridgehead atoms. The molecule has 20 heavy (non-hydrogen) atoms. The third kappa shape index (κ3) is 5.86. The second-order valence-corrected chi connectivity index (χ2v) is 4.39. The van der Waals surface area contributed by atoms with E-state index in [1.54, 1.807) is 6.92 Å². The van der Waals surface area contributed by atoms with Crippen molar-refractivity contribution in [2.45, 2.75) is 40.0 Å². The predicted octanol–water partition coefficient (Wildman–Crippen LogP) is 2.23. The van der Waals surface area contributed by atoms with Gasteiger partial charge in [-0.15, -0.1) is 0 Å². The molecule has 0 aromatic carbocycles. The van der Waals surface area contributed by atoms with Crippen LogP contribution in [0.3, 0.4) is 0 Å². The van der Waals surface area contributed by atoms with Crippen LogP contribution in [0.2, 0.25) is 0 Å². The summed E-state index contributed by atoms with van der Waals surface area (Å²) in [6, 6.07) is 1.81. The number of rotatable bonds is 9. The minimum Gasteiger partial charge on any atom is -0.465 e. The van der Waals surface area contributed by atoms with E-state index < -0.39 is 0 Å². The van der Waals surface area contributed by atoms with E-state index in [9.17, 15) is 4.79 Å². The number of esters is 1. The number of aryl methyl sites for hydroxylation is 1. The van der Waals surface area contributed by atoms with Gasteiger partial charge in [0.15, 0.2) is 0 Å². The minimum absolute atomic E-state index is 0.115. The number of carbonyl (C=O) groups excluding carboxylic acids is 1. The largest absolute Gasteiger partial charge is 0.465 e. The van der Waals surface area contributed by atoms with E-state index in [0.717, 1.165) is 37.4 Å². The molecule has 6 nitrogen and oxygen atoms in total. The minimum atomic E-state index is -0.286. The Labute approximate surface area is 120 Å². The van der Waals surface area contributed by atoms with Crippen LogP contribution in [-0.2, 0) is 16.0 Å². The first-order valence-corrected chi connectivity index (χ1v) is 7.20. The summed E-state index contributed by atoms with van der Waals surface area (Å²) in [6.45, 7) is 7.33. The summed E-state index contributed by atoms with van der Waals surface area (Å²) in [6.07, 6.45) is 2.82. The maximum atomic E-state index is 11.3. The van der Waals surface area contributed by atoms with Crippen LogP contribution in [0.5, 0.6) is 0 Å². The lowest BCUT2D eigenvalue weighted by Gasteiger charge is -2.10. The molecule has 1 rings (SSSR count). The van der Waals surface area contributed by atoms with Gasteiger partial charge in [0.05, 0.1) is 6.61 Å². The molecule has 0 unspecified atom stereocenters. The van der Waals surface area contributed by atoms with Crippen molar-refractivity contribution in [1.82, 2.24) is 9.97 Å². The molecule has 1 aromatic heterocycles. The molecule has 6 heteroatoms. The Kier molecular flexibility index (Phi) is 7.39. The van der Waals surface area contributed by atoms with Crippen molar-refractivity contribution in [2.75, 3.05) is 30.3 Å². The molecular weight excluding hydrogens is 256 g/mol. The topological polar surface area (TPSA) is 76.1 Å². The normalized spacial score (nSPS) is 10.2. The van der Waals surface area contributed by atoms with E-state index in [0.29, 0.717) is 12.4 Å². The summed E-state index contributed by atoms with van der Waals surface area (Å²) >= 11 is 0. The van der Waals surface area contributed by atoms with Crippen LogP contribution in [0.15, 0.2) is 6.07 Å². The van der Waals surface area contributed by atoms with Crippen LogP contribution < -0.4 is 10.6 Å². The van der Waals surface area contributed by atoms with Gasteiger partial charge in [0, 0.05) is 19.0 Å². The lowest BCUT2D eigenvalue weighted by atomic mass is 10.3. The predicted molar refractivity (Wildman–Crippen MR) is 79.9 cm³/mol. The van der Waals surface area contributed by atoms with Gasteiger partial charge in [-0.1, -0.05) is 13.8 Å². The Morgan fingerprint density at radius 2 is 1.85 bits per heavy atom. The van der Waals surface area contributed by atoms with Gasteiger partial charge < -0.3 is 15.4 Å². The van der Waals surface area contributed by atoms with Crippen LogP contribution in [0.1, 0.15) is 39.4 Å². The highest BCUT2D eigenvalue weighted by Gasteiger charge is 2.06. The lowest BCUT2D eigenvalue weighted by Crippen LogP contribution is -2.18.